The summed E-state index contributed by atoms with van der Waals surface area (Å²) >= 11 is 0. The Morgan fingerprint density at radius 2 is 2.35 bits per heavy atom. The van der Waals surface area contributed by atoms with Crippen LogP contribution < -0.4 is 10.2 Å². The van der Waals surface area contributed by atoms with Crippen molar-refractivity contribution in [2.24, 2.45) is 7.05 Å². The Hall–Kier alpha value is -2.57. The molecule has 0 spiro atoms. The normalized spacial score (nSPS) is 14.4. The Bertz CT molecular complexity index is 625. The van der Waals surface area contributed by atoms with E-state index >= 15 is 0 Å². The Morgan fingerprint density at radius 1 is 1.45 bits per heavy atom. The first-order chi connectivity index (χ1) is 9.74. The molecule has 0 unspecified atom stereocenters. The molecule has 1 aliphatic heterocycles. The van der Waals surface area contributed by atoms with E-state index in [9.17, 15) is 4.79 Å². The molecular weight excluding hydrogens is 258 g/mol. The molecule has 1 aromatic carbocycles. The lowest BCUT2D eigenvalue weighted by Gasteiger charge is -2.14. The highest BCUT2D eigenvalue weighted by molar-refractivity contribution is 5.89. The summed E-state index contributed by atoms with van der Waals surface area (Å²) in [6.45, 7) is 1.66. The van der Waals surface area contributed by atoms with E-state index in [1.54, 1.807) is 15.8 Å². The van der Waals surface area contributed by atoms with E-state index in [1.165, 1.54) is 0 Å². The molecule has 7 nitrogen and oxygen atoms in total. The number of carbonyl (C=O) groups is 1. The molecule has 20 heavy (non-hydrogen) atoms. The number of carbonyl (C=O) groups excluding carboxylic acids is 1. The number of benzene rings is 1. The molecule has 2 aromatic rings. The van der Waals surface area contributed by atoms with Crippen LogP contribution in [-0.2, 0) is 18.3 Å². The zero-order chi connectivity index (χ0) is 13.9. The topological polar surface area (TPSA) is 72.3 Å². The molecule has 1 saturated heterocycles. The van der Waals surface area contributed by atoms with Crippen molar-refractivity contribution < 1.29 is 9.53 Å². The maximum absolute atomic E-state index is 11.5. The molecule has 1 aliphatic rings. The first-order valence-electron chi connectivity index (χ1n) is 6.36. The summed E-state index contributed by atoms with van der Waals surface area (Å²) in [6, 6.07) is 7.68. The molecule has 2 heterocycles. The molecule has 0 aliphatic carbocycles. The number of anilines is 2. The Labute approximate surface area is 116 Å². The average Bonchev–Trinajstić information content (AvgIpc) is 3.05. The maximum Gasteiger partial charge on any atom is 0.414 e. The third-order valence-corrected chi connectivity index (χ3v) is 3.20. The number of aryl methyl sites for hydroxylation is 1. The van der Waals surface area contributed by atoms with Gasteiger partial charge in [-0.05, 0) is 18.2 Å². The van der Waals surface area contributed by atoms with Crippen molar-refractivity contribution in [3.63, 3.8) is 0 Å². The van der Waals surface area contributed by atoms with Crippen LogP contribution in [0.1, 0.15) is 5.69 Å². The van der Waals surface area contributed by atoms with E-state index in [0.717, 1.165) is 17.1 Å². The van der Waals surface area contributed by atoms with E-state index in [2.05, 4.69) is 15.6 Å². The largest absolute Gasteiger partial charge is 0.447 e. The molecule has 0 radical (unpaired) electrons. The number of rotatable bonds is 4. The highest BCUT2D eigenvalue weighted by atomic mass is 16.6. The number of hydrogen-bond acceptors (Lipinski definition) is 5. The van der Waals surface area contributed by atoms with Gasteiger partial charge in [-0.2, -0.15) is 0 Å². The van der Waals surface area contributed by atoms with Gasteiger partial charge in [-0.15, -0.1) is 5.10 Å². The highest BCUT2D eigenvalue weighted by Gasteiger charge is 2.23. The van der Waals surface area contributed by atoms with Crippen LogP contribution in [0.25, 0.3) is 0 Å². The second-order valence-corrected chi connectivity index (χ2v) is 4.52. The van der Waals surface area contributed by atoms with Crippen LogP contribution in [0, 0.1) is 0 Å². The summed E-state index contributed by atoms with van der Waals surface area (Å²) in [5, 5.41) is 11.0. The minimum Gasteiger partial charge on any atom is -0.447 e. The van der Waals surface area contributed by atoms with Gasteiger partial charge < -0.3 is 10.1 Å². The number of cyclic esters (lactones) is 1. The molecule has 1 fully saturated rings. The van der Waals surface area contributed by atoms with E-state index in [0.29, 0.717) is 19.7 Å². The lowest BCUT2D eigenvalue weighted by Crippen LogP contribution is -2.23. The minimum atomic E-state index is -0.294. The third kappa shape index (κ3) is 2.42. The number of amides is 1. The second-order valence-electron chi connectivity index (χ2n) is 4.52. The van der Waals surface area contributed by atoms with Crippen molar-refractivity contribution in [2.75, 3.05) is 23.4 Å². The van der Waals surface area contributed by atoms with Gasteiger partial charge in [-0.3, -0.25) is 9.58 Å². The maximum atomic E-state index is 11.5. The molecule has 1 aromatic heterocycles. The molecule has 0 bridgehead atoms. The fourth-order valence-corrected chi connectivity index (χ4v) is 2.08. The molecule has 7 heteroatoms. The zero-order valence-electron chi connectivity index (χ0n) is 11.1. The summed E-state index contributed by atoms with van der Waals surface area (Å²) in [5.41, 5.74) is 2.75. The lowest BCUT2D eigenvalue weighted by molar-refractivity contribution is 0.181. The van der Waals surface area contributed by atoms with Crippen LogP contribution in [0.15, 0.2) is 30.5 Å². The van der Waals surface area contributed by atoms with Gasteiger partial charge in [-0.1, -0.05) is 11.3 Å². The summed E-state index contributed by atoms with van der Waals surface area (Å²) < 4.78 is 6.66. The summed E-state index contributed by atoms with van der Waals surface area (Å²) in [5.74, 6) is 0. The Balaban J connectivity index is 1.71. The molecule has 104 valence electrons. The van der Waals surface area contributed by atoms with Crippen LogP contribution in [0.4, 0.5) is 16.2 Å². The van der Waals surface area contributed by atoms with Gasteiger partial charge in [0.05, 0.1) is 25.0 Å². The standard InChI is InChI=1S/C13H15N5O2/c1-17-12(9-15-16-17)8-14-10-3-2-4-11(7-10)18-5-6-20-13(18)19/h2-4,7,9,14H,5-6,8H2,1H3. The molecular formula is C13H15N5O2. The average molecular weight is 273 g/mol. The van der Waals surface area contributed by atoms with Gasteiger partial charge in [0.25, 0.3) is 0 Å². The number of aromatic nitrogens is 3. The molecule has 0 saturated carbocycles. The highest BCUT2D eigenvalue weighted by Crippen LogP contribution is 2.22. The Kier molecular flexibility index (Phi) is 3.24. The number of nitrogens with one attached hydrogen (secondary N) is 1. The predicted molar refractivity (Wildman–Crippen MR) is 73.5 cm³/mol. The van der Waals surface area contributed by atoms with Crippen molar-refractivity contribution in [3.05, 3.63) is 36.2 Å². The molecule has 0 atom stereocenters. The van der Waals surface area contributed by atoms with Gasteiger partial charge in [-0.25, -0.2) is 4.79 Å². The molecule has 1 N–H and O–H groups in total. The number of nitrogens with zero attached hydrogens (tertiary/aromatic N) is 4. The fraction of sp³-hybridized carbons (Fsp3) is 0.308. The molecule has 1 amide bonds. The van der Waals surface area contributed by atoms with E-state index in [-0.39, 0.29) is 6.09 Å². The van der Waals surface area contributed by atoms with Crippen molar-refractivity contribution in [1.82, 2.24) is 15.0 Å². The predicted octanol–water partition coefficient (Wildman–Crippen LogP) is 1.38. The lowest BCUT2D eigenvalue weighted by atomic mass is 10.2. The van der Waals surface area contributed by atoms with Gasteiger partial charge in [0.2, 0.25) is 0 Å². The fourth-order valence-electron chi connectivity index (χ4n) is 2.08. The van der Waals surface area contributed by atoms with Crippen molar-refractivity contribution in [1.29, 1.82) is 0 Å². The zero-order valence-corrected chi connectivity index (χ0v) is 11.1. The van der Waals surface area contributed by atoms with Crippen LogP contribution in [0.2, 0.25) is 0 Å². The SMILES string of the molecule is Cn1nncc1CNc1cccc(N2CCOC2=O)c1. The minimum absolute atomic E-state index is 0.294. The quantitative estimate of drug-likeness (QED) is 0.911. The first kappa shape index (κ1) is 12.5. The van der Waals surface area contributed by atoms with Gasteiger partial charge in [0.15, 0.2) is 0 Å². The smallest absolute Gasteiger partial charge is 0.414 e. The van der Waals surface area contributed by atoms with Crippen molar-refractivity contribution in [2.45, 2.75) is 6.54 Å². The van der Waals surface area contributed by atoms with E-state index in [4.69, 9.17) is 4.74 Å². The van der Waals surface area contributed by atoms with Crippen molar-refractivity contribution in [3.8, 4) is 0 Å². The van der Waals surface area contributed by atoms with Crippen LogP contribution in [-0.4, -0.2) is 34.2 Å². The van der Waals surface area contributed by atoms with Crippen molar-refractivity contribution >= 4 is 17.5 Å². The van der Waals surface area contributed by atoms with Crippen LogP contribution >= 0.6 is 0 Å². The number of hydrogen-bond donors (Lipinski definition) is 1. The van der Waals surface area contributed by atoms with Gasteiger partial charge in [0, 0.05) is 18.4 Å². The van der Waals surface area contributed by atoms with Gasteiger partial charge in [0.1, 0.15) is 6.61 Å². The number of ether oxygens (including phenoxy) is 1. The van der Waals surface area contributed by atoms with Crippen LogP contribution in [0.3, 0.4) is 0 Å². The summed E-state index contributed by atoms with van der Waals surface area (Å²) in [4.78, 5) is 13.2. The van der Waals surface area contributed by atoms with E-state index < -0.39 is 0 Å². The second kappa shape index (κ2) is 5.20. The molecule has 3 rings (SSSR count). The first-order valence-corrected chi connectivity index (χ1v) is 6.36. The Morgan fingerprint density at radius 3 is 3.05 bits per heavy atom. The summed E-state index contributed by atoms with van der Waals surface area (Å²) in [7, 11) is 1.85. The van der Waals surface area contributed by atoms with Gasteiger partial charge >= 0.3 is 6.09 Å². The summed E-state index contributed by atoms with van der Waals surface area (Å²) in [6.07, 6.45) is 1.42. The van der Waals surface area contributed by atoms with Crippen LogP contribution in [0.5, 0.6) is 0 Å². The third-order valence-electron chi connectivity index (χ3n) is 3.20. The monoisotopic (exact) mass is 273 g/mol. The van der Waals surface area contributed by atoms with E-state index in [1.807, 2.05) is 31.3 Å².